The molecule has 3 rings (SSSR count). The van der Waals surface area contributed by atoms with E-state index in [1.54, 1.807) is 17.0 Å². The van der Waals surface area contributed by atoms with Crippen LogP contribution in [0, 0.1) is 0 Å². The zero-order chi connectivity index (χ0) is 22.8. The molecule has 31 heavy (non-hydrogen) atoms. The van der Waals surface area contributed by atoms with Gasteiger partial charge in [-0.2, -0.15) is 4.31 Å². The van der Waals surface area contributed by atoms with Gasteiger partial charge in [-0.3, -0.25) is 4.79 Å². The van der Waals surface area contributed by atoms with Crippen LogP contribution in [-0.2, 0) is 24.8 Å². The number of carbonyl (C=O) groups is 1. The van der Waals surface area contributed by atoms with E-state index in [9.17, 15) is 21.6 Å². The van der Waals surface area contributed by atoms with Gasteiger partial charge >= 0.3 is 0 Å². The third-order valence-electron chi connectivity index (χ3n) is 5.57. The molecule has 2 aliphatic rings. The van der Waals surface area contributed by atoms with Crippen LogP contribution in [0.25, 0.3) is 0 Å². The SMILES string of the molecule is CC1CN(S(=O)(=O)c2cccc(C(=O)N3CCCCC3CNS(C)(=O)=O)c2)CC(C)O1. The fourth-order valence-electron chi connectivity index (χ4n) is 4.16. The van der Waals surface area contributed by atoms with E-state index < -0.39 is 20.0 Å². The van der Waals surface area contributed by atoms with Crippen molar-refractivity contribution in [2.75, 3.05) is 32.4 Å². The van der Waals surface area contributed by atoms with E-state index in [2.05, 4.69) is 4.72 Å². The van der Waals surface area contributed by atoms with Crippen LogP contribution in [0.2, 0.25) is 0 Å². The molecule has 9 nitrogen and oxygen atoms in total. The molecule has 2 heterocycles. The lowest BCUT2D eigenvalue weighted by atomic mass is 10.0. The molecule has 2 fully saturated rings. The molecule has 3 unspecified atom stereocenters. The van der Waals surface area contributed by atoms with E-state index >= 15 is 0 Å². The maximum absolute atomic E-state index is 13.2. The van der Waals surface area contributed by atoms with E-state index in [0.717, 1.165) is 19.1 Å². The number of piperidine rings is 1. The second-order valence-electron chi connectivity index (χ2n) is 8.38. The predicted octanol–water partition coefficient (Wildman–Crippen LogP) is 1.03. The molecule has 1 amide bonds. The van der Waals surface area contributed by atoms with Crippen molar-refractivity contribution in [1.82, 2.24) is 13.9 Å². The standard InChI is InChI=1S/C20H31N3O6S2/c1-15-13-22(14-16(2)29-15)31(27,28)19-9-6-7-17(11-19)20(24)23-10-5-4-8-18(23)12-21-30(3,25)26/h6-7,9,11,15-16,18,21H,4-5,8,10,12-14H2,1-3H3. The lowest BCUT2D eigenvalue weighted by Crippen LogP contribution is -2.49. The number of sulfonamides is 2. The third-order valence-corrected chi connectivity index (χ3v) is 8.09. The summed E-state index contributed by atoms with van der Waals surface area (Å²) < 4.78 is 58.8. The van der Waals surface area contributed by atoms with Gasteiger partial charge in [0.15, 0.2) is 0 Å². The van der Waals surface area contributed by atoms with Crippen molar-refractivity contribution < 1.29 is 26.4 Å². The van der Waals surface area contributed by atoms with Crippen molar-refractivity contribution in [3.05, 3.63) is 29.8 Å². The molecule has 0 saturated carbocycles. The maximum atomic E-state index is 13.2. The molecule has 1 aromatic carbocycles. The lowest BCUT2D eigenvalue weighted by Gasteiger charge is -2.36. The first-order valence-electron chi connectivity index (χ1n) is 10.5. The molecule has 11 heteroatoms. The Morgan fingerprint density at radius 3 is 2.45 bits per heavy atom. The first kappa shape index (κ1) is 24.1. The van der Waals surface area contributed by atoms with Crippen molar-refractivity contribution >= 4 is 26.0 Å². The highest BCUT2D eigenvalue weighted by molar-refractivity contribution is 7.89. The Morgan fingerprint density at radius 1 is 1.13 bits per heavy atom. The summed E-state index contributed by atoms with van der Waals surface area (Å²) in [6.45, 7) is 4.83. The van der Waals surface area contributed by atoms with Crippen molar-refractivity contribution in [2.24, 2.45) is 0 Å². The van der Waals surface area contributed by atoms with Gasteiger partial charge in [0.05, 0.1) is 23.4 Å². The summed E-state index contributed by atoms with van der Waals surface area (Å²) in [4.78, 5) is 14.9. The topological polar surface area (TPSA) is 113 Å². The van der Waals surface area contributed by atoms with Gasteiger partial charge in [0, 0.05) is 37.8 Å². The number of hydrogen-bond donors (Lipinski definition) is 1. The fraction of sp³-hybridized carbons (Fsp3) is 0.650. The number of benzene rings is 1. The van der Waals surface area contributed by atoms with Gasteiger partial charge in [0.2, 0.25) is 20.0 Å². The third kappa shape index (κ3) is 6.04. The molecule has 1 N–H and O–H groups in total. The van der Waals surface area contributed by atoms with Crippen molar-refractivity contribution in [1.29, 1.82) is 0 Å². The van der Waals surface area contributed by atoms with Gasteiger partial charge in [-0.15, -0.1) is 0 Å². The maximum Gasteiger partial charge on any atom is 0.254 e. The number of likely N-dealkylation sites (tertiary alicyclic amines) is 1. The van der Waals surface area contributed by atoms with Gasteiger partial charge in [-0.25, -0.2) is 21.6 Å². The van der Waals surface area contributed by atoms with Gasteiger partial charge in [-0.1, -0.05) is 6.07 Å². The summed E-state index contributed by atoms with van der Waals surface area (Å²) in [6, 6.07) is 5.81. The van der Waals surface area contributed by atoms with Gasteiger partial charge in [0.25, 0.3) is 5.91 Å². The Labute approximate surface area is 184 Å². The Balaban J connectivity index is 1.82. The summed E-state index contributed by atoms with van der Waals surface area (Å²) in [5.41, 5.74) is 0.279. The molecule has 2 aliphatic heterocycles. The first-order valence-corrected chi connectivity index (χ1v) is 13.8. The van der Waals surface area contributed by atoms with Gasteiger partial charge in [0.1, 0.15) is 0 Å². The summed E-state index contributed by atoms with van der Waals surface area (Å²) in [6.07, 6.45) is 3.09. The molecule has 0 radical (unpaired) electrons. The van der Waals surface area contributed by atoms with Crippen LogP contribution in [0.15, 0.2) is 29.2 Å². The molecule has 0 spiro atoms. The van der Waals surface area contributed by atoms with E-state index in [-0.39, 0.29) is 54.3 Å². The second-order valence-corrected chi connectivity index (χ2v) is 12.1. The lowest BCUT2D eigenvalue weighted by molar-refractivity contribution is -0.0440. The quantitative estimate of drug-likeness (QED) is 0.660. The number of nitrogens with one attached hydrogen (secondary N) is 1. The van der Waals surface area contributed by atoms with Crippen LogP contribution in [-0.4, -0.2) is 82.6 Å². The van der Waals surface area contributed by atoms with E-state index in [1.807, 2.05) is 13.8 Å². The Hall–Kier alpha value is -1.53. The van der Waals surface area contributed by atoms with Crippen LogP contribution in [0.1, 0.15) is 43.5 Å². The van der Waals surface area contributed by atoms with E-state index in [1.165, 1.54) is 16.4 Å². The zero-order valence-corrected chi connectivity index (χ0v) is 19.8. The Bertz CT molecular complexity index is 1000. The highest BCUT2D eigenvalue weighted by atomic mass is 32.2. The molecular weight excluding hydrogens is 442 g/mol. The molecule has 0 aromatic heterocycles. The van der Waals surface area contributed by atoms with Crippen LogP contribution >= 0.6 is 0 Å². The Morgan fingerprint density at radius 2 is 1.81 bits per heavy atom. The number of hydrogen-bond acceptors (Lipinski definition) is 6. The minimum Gasteiger partial charge on any atom is -0.373 e. The first-order chi connectivity index (χ1) is 14.5. The average Bonchev–Trinajstić information content (AvgIpc) is 2.71. The number of morpholine rings is 1. The van der Waals surface area contributed by atoms with E-state index in [4.69, 9.17) is 4.74 Å². The minimum atomic E-state index is -3.77. The number of amides is 1. The fourth-order valence-corrected chi connectivity index (χ4v) is 6.29. The van der Waals surface area contributed by atoms with Crippen molar-refractivity contribution in [2.45, 2.75) is 56.3 Å². The summed E-state index contributed by atoms with van der Waals surface area (Å²) >= 11 is 0. The minimum absolute atomic E-state index is 0.0717. The highest BCUT2D eigenvalue weighted by Crippen LogP contribution is 2.24. The predicted molar refractivity (Wildman–Crippen MR) is 117 cm³/mol. The van der Waals surface area contributed by atoms with Crippen LogP contribution in [0.3, 0.4) is 0 Å². The average molecular weight is 474 g/mol. The summed E-state index contributed by atoms with van der Waals surface area (Å²) in [5.74, 6) is -0.291. The number of ether oxygens (including phenoxy) is 1. The number of rotatable bonds is 6. The van der Waals surface area contributed by atoms with Crippen molar-refractivity contribution in [3.63, 3.8) is 0 Å². The van der Waals surface area contributed by atoms with Gasteiger partial charge in [-0.05, 0) is 51.3 Å². The summed E-state index contributed by atoms with van der Waals surface area (Å²) in [7, 11) is -7.13. The van der Waals surface area contributed by atoms with Gasteiger partial charge < -0.3 is 9.64 Å². The molecule has 2 saturated heterocycles. The number of nitrogens with zero attached hydrogens (tertiary/aromatic N) is 2. The second kappa shape index (κ2) is 9.53. The molecule has 1 aromatic rings. The van der Waals surface area contributed by atoms with Crippen molar-refractivity contribution in [3.8, 4) is 0 Å². The number of carbonyl (C=O) groups excluding carboxylic acids is 1. The Kier molecular flexibility index (Phi) is 7.42. The smallest absolute Gasteiger partial charge is 0.254 e. The zero-order valence-electron chi connectivity index (χ0n) is 18.2. The molecule has 0 bridgehead atoms. The highest BCUT2D eigenvalue weighted by Gasteiger charge is 2.33. The largest absolute Gasteiger partial charge is 0.373 e. The molecular formula is C20H31N3O6S2. The van der Waals surface area contributed by atoms with Crippen LogP contribution < -0.4 is 4.72 Å². The van der Waals surface area contributed by atoms with Crippen LogP contribution in [0.5, 0.6) is 0 Å². The molecule has 0 aliphatic carbocycles. The molecule has 3 atom stereocenters. The summed E-state index contributed by atoms with van der Waals surface area (Å²) in [5, 5.41) is 0. The normalized spacial score (nSPS) is 26.0. The molecule has 174 valence electrons. The monoisotopic (exact) mass is 473 g/mol. The van der Waals surface area contributed by atoms with Crippen LogP contribution in [0.4, 0.5) is 0 Å². The van der Waals surface area contributed by atoms with E-state index in [0.29, 0.717) is 13.0 Å².